The number of nitrogens with zero attached hydrogens (tertiary/aromatic N) is 4. The lowest BCUT2D eigenvalue weighted by Gasteiger charge is -2.28. The zero-order valence-corrected chi connectivity index (χ0v) is 23.4. The first-order valence-electron chi connectivity index (χ1n) is 14.9. The molecular weight excluding hydrogens is 520 g/mol. The second-order valence-electron chi connectivity index (χ2n) is 11.6. The minimum absolute atomic E-state index is 0.206. The van der Waals surface area contributed by atoms with Crippen molar-refractivity contribution >= 4 is 35.3 Å². The molecule has 10 heteroatoms. The molecule has 0 aromatic heterocycles. The minimum atomic E-state index is -0.511. The standard InChI is InChI=1S/C31H38N6O4/c38-28-26(20-34-15-3-1-4-16-34)32-30(40)36(28)24-11-7-22(8-12-24)19-23-9-13-25(14-10-23)37-29(39)27(33-31(37)41)21-35-17-5-2-6-18-35/h7-14,26-27H,1-6,15-21H2,(H,32,40)(H,33,41). The van der Waals surface area contributed by atoms with Gasteiger partial charge in [-0.1, -0.05) is 37.1 Å². The molecule has 2 aromatic carbocycles. The van der Waals surface area contributed by atoms with E-state index in [9.17, 15) is 19.2 Å². The quantitative estimate of drug-likeness (QED) is 0.483. The molecule has 2 unspecified atom stereocenters. The number of imide groups is 2. The zero-order valence-electron chi connectivity index (χ0n) is 23.4. The third-order valence-electron chi connectivity index (χ3n) is 8.61. The molecule has 0 saturated carbocycles. The van der Waals surface area contributed by atoms with Gasteiger partial charge in [0.15, 0.2) is 0 Å². The third-order valence-corrected chi connectivity index (χ3v) is 8.61. The van der Waals surface area contributed by atoms with E-state index in [1.54, 1.807) is 24.3 Å². The molecular formula is C31H38N6O4. The topological polar surface area (TPSA) is 105 Å². The van der Waals surface area contributed by atoms with Crippen molar-refractivity contribution in [2.45, 2.75) is 57.0 Å². The van der Waals surface area contributed by atoms with E-state index in [0.29, 0.717) is 30.9 Å². The molecule has 2 atom stereocenters. The molecule has 0 radical (unpaired) electrons. The minimum Gasteiger partial charge on any atom is -0.324 e. The van der Waals surface area contributed by atoms with Crippen LogP contribution in [0.3, 0.4) is 0 Å². The largest absolute Gasteiger partial charge is 0.329 e. The number of rotatable bonds is 8. The number of carbonyl (C=O) groups is 4. The van der Waals surface area contributed by atoms with E-state index in [0.717, 1.165) is 63.0 Å². The predicted octanol–water partition coefficient (Wildman–Crippen LogP) is 3.10. The number of anilines is 2. The van der Waals surface area contributed by atoms with E-state index in [4.69, 9.17) is 0 Å². The van der Waals surface area contributed by atoms with Gasteiger partial charge in [-0.05, 0) is 93.7 Å². The maximum absolute atomic E-state index is 13.0. The van der Waals surface area contributed by atoms with Crippen molar-refractivity contribution < 1.29 is 19.2 Å². The number of hydrogen-bond donors (Lipinski definition) is 2. The maximum atomic E-state index is 13.0. The molecule has 0 bridgehead atoms. The average molecular weight is 559 g/mol. The van der Waals surface area contributed by atoms with Crippen LogP contribution >= 0.6 is 0 Å². The molecule has 216 valence electrons. The zero-order chi connectivity index (χ0) is 28.3. The smallest absolute Gasteiger partial charge is 0.324 e. The summed E-state index contributed by atoms with van der Waals surface area (Å²) in [5.74, 6) is -0.412. The molecule has 2 N–H and O–H groups in total. The highest BCUT2D eigenvalue weighted by molar-refractivity contribution is 6.22. The molecule has 4 aliphatic heterocycles. The van der Waals surface area contributed by atoms with Crippen molar-refractivity contribution in [1.29, 1.82) is 0 Å². The van der Waals surface area contributed by atoms with Crippen LogP contribution in [-0.4, -0.2) is 85.0 Å². The summed E-state index contributed by atoms with van der Waals surface area (Å²) >= 11 is 0. The lowest BCUT2D eigenvalue weighted by atomic mass is 10.0. The first kappa shape index (κ1) is 27.4. The van der Waals surface area contributed by atoms with Gasteiger partial charge < -0.3 is 20.4 Å². The van der Waals surface area contributed by atoms with Crippen LogP contribution in [0.1, 0.15) is 49.7 Å². The Kier molecular flexibility index (Phi) is 8.02. The van der Waals surface area contributed by atoms with Crippen molar-refractivity contribution in [3.05, 3.63) is 59.7 Å². The number of nitrogens with one attached hydrogen (secondary N) is 2. The van der Waals surface area contributed by atoms with Crippen LogP contribution in [-0.2, 0) is 16.0 Å². The lowest BCUT2D eigenvalue weighted by molar-refractivity contribution is -0.119. The summed E-state index contributed by atoms with van der Waals surface area (Å²) in [5, 5.41) is 5.70. The van der Waals surface area contributed by atoms with Crippen LogP contribution in [0.25, 0.3) is 0 Å². The second-order valence-corrected chi connectivity index (χ2v) is 11.6. The Morgan fingerprint density at radius 3 is 1.27 bits per heavy atom. The highest BCUT2D eigenvalue weighted by Crippen LogP contribution is 2.25. The normalized spacial score (nSPS) is 24.2. The number of carbonyl (C=O) groups excluding carboxylic acids is 4. The Hall–Kier alpha value is -3.76. The molecule has 4 fully saturated rings. The van der Waals surface area contributed by atoms with Gasteiger partial charge in [0.25, 0.3) is 11.8 Å². The van der Waals surface area contributed by atoms with Gasteiger partial charge in [-0.25, -0.2) is 19.4 Å². The van der Waals surface area contributed by atoms with E-state index >= 15 is 0 Å². The Bertz CT molecular complexity index is 1190. The number of benzene rings is 2. The van der Waals surface area contributed by atoms with Crippen molar-refractivity contribution in [2.75, 3.05) is 49.1 Å². The molecule has 6 amide bonds. The fourth-order valence-corrected chi connectivity index (χ4v) is 6.36. The van der Waals surface area contributed by atoms with E-state index in [-0.39, 0.29) is 23.9 Å². The SMILES string of the molecule is O=C1NC(CN2CCCCC2)C(=O)N1c1ccc(Cc2ccc(N3C(=O)NC(CN4CCCCC4)C3=O)cc2)cc1. The van der Waals surface area contributed by atoms with Gasteiger partial charge in [0.05, 0.1) is 11.4 Å². The molecule has 10 nitrogen and oxygen atoms in total. The van der Waals surface area contributed by atoms with Gasteiger partial charge in [0.1, 0.15) is 12.1 Å². The predicted molar refractivity (Wildman–Crippen MR) is 156 cm³/mol. The summed E-state index contributed by atoms with van der Waals surface area (Å²) in [5.41, 5.74) is 3.17. The van der Waals surface area contributed by atoms with Gasteiger partial charge in [-0.3, -0.25) is 9.59 Å². The summed E-state index contributed by atoms with van der Waals surface area (Å²) in [6, 6.07) is 13.1. The van der Waals surface area contributed by atoms with Gasteiger partial charge >= 0.3 is 12.1 Å². The second kappa shape index (κ2) is 12.0. The van der Waals surface area contributed by atoms with E-state index in [1.807, 2.05) is 24.3 Å². The maximum Gasteiger partial charge on any atom is 0.329 e. The molecule has 4 saturated heterocycles. The summed E-state index contributed by atoms with van der Waals surface area (Å²) in [6.07, 6.45) is 7.61. The van der Waals surface area contributed by atoms with Crippen molar-refractivity contribution in [2.24, 2.45) is 0 Å². The Labute approximate surface area is 240 Å². The van der Waals surface area contributed by atoms with Crippen molar-refractivity contribution in [3.8, 4) is 0 Å². The van der Waals surface area contributed by atoms with E-state index < -0.39 is 12.1 Å². The fourth-order valence-electron chi connectivity index (χ4n) is 6.36. The van der Waals surface area contributed by atoms with Gasteiger partial charge in [0.2, 0.25) is 0 Å². The Morgan fingerprint density at radius 1 is 0.537 bits per heavy atom. The number of amides is 6. The summed E-state index contributed by atoms with van der Waals surface area (Å²) in [6.45, 7) is 4.98. The Balaban J connectivity index is 1.05. The van der Waals surface area contributed by atoms with Crippen LogP contribution in [0.2, 0.25) is 0 Å². The monoisotopic (exact) mass is 558 g/mol. The van der Waals surface area contributed by atoms with E-state index in [2.05, 4.69) is 20.4 Å². The average Bonchev–Trinajstić information content (AvgIpc) is 3.43. The number of hydrogen-bond acceptors (Lipinski definition) is 6. The van der Waals surface area contributed by atoms with Gasteiger partial charge in [0, 0.05) is 13.1 Å². The molecule has 2 aromatic rings. The third kappa shape index (κ3) is 5.99. The lowest BCUT2D eigenvalue weighted by Crippen LogP contribution is -2.44. The molecule has 41 heavy (non-hydrogen) atoms. The van der Waals surface area contributed by atoms with E-state index in [1.165, 1.54) is 22.6 Å². The highest BCUT2D eigenvalue weighted by atomic mass is 16.2. The molecule has 4 aliphatic rings. The first-order valence-corrected chi connectivity index (χ1v) is 14.9. The van der Waals surface area contributed by atoms with Crippen LogP contribution in [0.15, 0.2) is 48.5 Å². The Morgan fingerprint density at radius 2 is 0.902 bits per heavy atom. The first-order chi connectivity index (χ1) is 20.0. The summed E-state index contributed by atoms with van der Waals surface area (Å²) in [7, 11) is 0. The van der Waals surface area contributed by atoms with Crippen molar-refractivity contribution in [1.82, 2.24) is 20.4 Å². The van der Waals surface area contributed by atoms with Crippen LogP contribution in [0.4, 0.5) is 21.0 Å². The van der Waals surface area contributed by atoms with Gasteiger partial charge in [-0.15, -0.1) is 0 Å². The fraction of sp³-hybridized carbons (Fsp3) is 0.484. The van der Waals surface area contributed by atoms with Crippen LogP contribution in [0.5, 0.6) is 0 Å². The van der Waals surface area contributed by atoms with Crippen LogP contribution in [0, 0.1) is 0 Å². The molecule has 6 rings (SSSR count). The number of piperidine rings is 2. The van der Waals surface area contributed by atoms with Crippen LogP contribution < -0.4 is 20.4 Å². The van der Waals surface area contributed by atoms with Crippen molar-refractivity contribution in [3.63, 3.8) is 0 Å². The van der Waals surface area contributed by atoms with Gasteiger partial charge in [-0.2, -0.15) is 0 Å². The number of likely N-dealkylation sites (tertiary alicyclic amines) is 2. The molecule has 4 heterocycles. The summed E-state index contributed by atoms with van der Waals surface area (Å²) < 4.78 is 0. The summed E-state index contributed by atoms with van der Waals surface area (Å²) in [4.78, 5) is 58.3. The molecule has 0 aliphatic carbocycles. The number of urea groups is 2. The molecule has 0 spiro atoms. The highest BCUT2D eigenvalue weighted by Gasteiger charge is 2.41.